The van der Waals surface area contributed by atoms with E-state index in [9.17, 15) is 4.79 Å². The highest BCUT2D eigenvalue weighted by atomic mass is 32.1. The molecule has 4 heterocycles. The number of rotatable bonds is 5. The van der Waals surface area contributed by atoms with Crippen LogP contribution in [-0.4, -0.2) is 83.2 Å². The first-order valence-electron chi connectivity index (χ1n) is 11.5. The zero-order valence-electron chi connectivity index (χ0n) is 19.4. The van der Waals surface area contributed by atoms with Crippen molar-refractivity contribution in [3.05, 3.63) is 28.8 Å². The Morgan fingerprint density at radius 2 is 1.88 bits per heavy atom. The van der Waals surface area contributed by atoms with Crippen molar-refractivity contribution in [3.63, 3.8) is 0 Å². The van der Waals surface area contributed by atoms with Crippen LogP contribution in [-0.2, 0) is 0 Å². The number of piperazine rings is 1. The van der Waals surface area contributed by atoms with Gasteiger partial charge in [-0.1, -0.05) is 12.8 Å². The van der Waals surface area contributed by atoms with Crippen LogP contribution in [0, 0.1) is 0 Å². The van der Waals surface area contributed by atoms with Gasteiger partial charge in [0.15, 0.2) is 11.6 Å². The van der Waals surface area contributed by atoms with Gasteiger partial charge in [0.05, 0.1) is 21.3 Å². The molecular weight excluding hydrogens is 436 g/mol. The van der Waals surface area contributed by atoms with E-state index in [2.05, 4.69) is 37.3 Å². The van der Waals surface area contributed by atoms with Gasteiger partial charge in [-0.15, -0.1) is 21.5 Å². The molecule has 0 radical (unpaired) electrons. The molecule has 2 fully saturated rings. The molecule has 0 spiro atoms. The van der Waals surface area contributed by atoms with Crippen LogP contribution in [0.4, 0.5) is 17.6 Å². The largest absolute Gasteiger partial charge is 0.353 e. The summed E-state index contributed by atoms with van der Waals surface area (Å²) in [6, 6.07) is 3.91. The Morgan fingerprint density at radius 1 is 1.12 bits per heavy atom. The third-order valence-electron chi connectivity index (χ3n) is 6.55. The van der Waals surface area contributed by atoms with E-state index < -0.39 is 0 Å². The maximum absolute atomic E-state index is 12.9. The molecule has 1 aliphatic carbocycles. The molecule has 2 aliphatic rings. The summed E-state index contributed by atoms with van der Waals surface area (Å²) in [6.07, 6.45) is 6.41. The minimum absolute atomic E-state index is 0.0415. The molecule has 9 nitrogen and oxygen atoms in total. The molecule has 1 saturated carbocycles. The highest BCUT2D eigenvalue weighted by Crippen LogP contribution is 2.43. The summed E-state index contributed by atoms with van der Waals surface area (Å²) in [7, 11) is 5.74. The monoisotopic (exact) mass is 466 g/mol. The van der Waals surface area contributed by atoms with Gasteiger partial charge in [-0.25, -0.2) is 9.97 Å². The molecule has 0 atom stereocenters. The fraction of sp³-hybridized carbons (Fsp3) is 0.522. The average molecular weight is 467 g/mol. The Kier molecular flexibility index (Phi) is 6.11. The normalized spacial score (nSPS) is 17.6. The van der Waals surface area contributed by atoms with Gasteiger partial charge in [-0.3, -0.25) is 4.79 Å². The zero-order valence-corrected chi connectivity index (χ0v) is 20.2. The average Bonchev–Trinajstić information content (AvgIpc) is 3.47. The Hall–Kier alpha value is -2.85. The van der Waals surface area contributed by atoms with E-state index in [-0.39, 0.29) is 5.91 Å². The Morgan fingerprint density at radius 3 is 2.55 bits per heavy atom. The fourth-order valence-corrected chi connectivity index (χ4v) is 5.86. The molecule has 1 amide bonds. The minimum Gasteiger partial charge on any atom is -0.353 e. The van der Waals surface area contributed by atoms with Crippen LogP contribution >= 0.6 is 11.3 Å². The number of fused-ring (bicyclic) bond motifs is 1. The summed E-state index contributed by atoms with van der Waals surface area (Å²) in [5.74, 6) is 2.39. The van der Waals surface area contributed by atoms with Crippen molar-refractivity contribution in [1.29, 1.82) is 0 Å². The molecule has 10 heteroatoms. The molecule has 3 aromatic rings. The first-order chi connectivity index (χ1) is 16.0. The summed E-state index contributed by atoms with van der Waals surface area (Å²) in [4.78, 5) is 29.2. The molecule has 5 rings (SSSR count). The van der Waals surface area contributed by atoms with Crippen molar-refractivity contribution in [2.45, 2.75) is 31.6 Å². The Labute approximate surface area is 197 Å². The highest BCUT2D eigenvalue weighted by molar-refractivity contribution is 7.21. The molecule has 33 heavy (non-hydrogen) atoms. The second-order valence-electron chi connectivity index (χ2n) is 9.12. The van der Waals surface area contributed by atoms with Crippen LogP contribution in [0.15, 0.2) is 18.3 Å². The number of nitrogens with zero attached hydrogens (tertiary/aromatic N) is 7. The van der Waals surface area contributed by atoms with Crippen LogP contribution in [0.2, 0.25) is 0 Å². The predicted molar refractivity (Wildman–Crippen MR) is 132 cm³/mol. The molecule has 1 N–H and O–H groups in total. The maximum atomic E-state index is 12.9. The summed E-state index contributed by atoms with van der Waals surface area (Å²) in [5, 5.41) is 12.0. The second kappa shape index (κ2) is 9.18. The van der Waals surface area contributed by atoms with Crippen LogP contribution in [0.1, 0.15) is 46.8 Å². The van der Waals surface area contributed by atoms with Crippen LogP contribution in [0.25, 0.3) is 10.2 Å². The van der Waals surface area contributed by atoms with Crippen molar-refractivity contribution in [2.24, 2.45) is 0 Å². The number of carbonyl (C=O) groups is 1. The van der Waals surface area contributed by atoms with Crippen molar-refractivity contribution < 1.29 is 4.79 Å². The van der Waals surface area contributed by atoms with E-state index in [0.29, 0.717) is 17.7 Å². The Bertz CT molecular complexity index is 1130. The Balaban J connectivity index is 1.41. The van der Waals surface area contributed by atoms with E-state index >= 15 is 0 Å². The number of carbonyl (C=O) groups excluding carboxylic acids is 1. The number of aromatic nitrogens is 4. The first kappa shape index (κ1) is 22.0. The van der Waals surface area contributed by atoms with E-state index in [1.54, 1.807) is 19.0 Å². The van der Waals surface area contributed by atoms with E-state index in [1.807, 2.05) is 18.3 Å². The van der Waals surface area contributed by atoms with Crippen molar-refractivity contribution in [1.82, 2.24) is 30.0 Å². The number of hydrogen-bond donors (Lipinski definition) is 1. The lowest BCUT2D eigenvalue weighted by Gasteiger charge is -2.32. The predicted octanol–water partition coefficient (Wildman–Crippen LogP) is 3.34. The number of thiophene rings is 1. The smallest absolute Gasteiger partial charge is 0.263 e. The number of likely N-dealkylation sites (N-methyl/N-ethyl adjacent to an activating group) is 1. The molecule has 3 aromatic heterocycles. The molecular formula is C23H30N8OS. The number of nitrogens with one attached hydrogen (secondary N) is 1. The van der Waals surface area contributed by atoms with E-state index in [0.717, 1.165) is 65.5 Å². The molecule has 0 bridgehead atoms. The van der Waals surface area contributed by atoms with Crippen LogP contribution < -0.4 is 10.2 Å². The van der Waals surface area contributed by atoms with Gasteiger partial charge in [-0.2, -0.15) is 0 Å². The number of amides is 1. The topological polar surface area (TPSA) is 90.4 Å². The SMILES string of the molecule is CN1CCN(c2ccc(Nc3ncc4sc(C(=O)N(C)C)c(C5CCCC5)c4n3)nn2)CC1. The van der Waals surface area contributed by atoms with Crippen LogP contribution in [0.3, 0.4) is 0 Å². The lowest BCUT2D eigenvalue weighted by atomic mass is 9.96. The summed E-state index contributed by atoms with van der Waals surface area (Å²) in [5.41, 5.74) is 1.98. The van der Waals surface area contributed by atoms with Gasteiger partial charge < -0.3 is 20.0 Å². The summed E-state index contributed by atoms with van der Waals surface area (Å²) >= 11 is 1.50. The molecule has 1 saturated heterocycles. The van der Waals surface area contributed by atoms with Gasteiger partial charge in [0.25, 0.3) is 5.91 Å². The van der Waals surface area contributed by atoms with Gasteiger partial charge in [0.1, 0.15) is 0 Å². The zero-order chi connectivity index (χ0) is 22.9. The van der Waals surface area contributed by atoms with Crippen molar-refractivity contribution >= 4 is 45.0 Å². The summed E-state index contributed by atoms with van der Waals surface area (Å²) < 4.78 is 0.948. The fourth-order valence-electron chi connectivity index (χ4n) is 4.64. The third kappa shape index (κ3) is 4.49. The third-order valence-corrected chi connectivity index (χ3v) is 7.67. The first-order valence-corrected chi connectivity index (χ1v) is 12.4. The molecule has 0 unspecified atom stereocenters. The number of anilines is 3. The quantitative estimate of drug-likeness (QED) is 0.612. The standard InChI is InChI=1S/C23H30N8OS/c1-29(2)22(32)21-19(15-6-4-5-7-15)20-16(33-21)14-24-23(26-20)25-17-8-9-18(28-27-17)31-12-10-30(3)11-13-31/h8-9,14-15H,4-7,10-13H2,1-3H3,(H,24,25,26,27). The number of hydrogen-bond acceptors (Lipinski definition) is 9. The van der Waals surface area contributed by atoms with E-state index in [4.69, 9.17) is 4.98 Å². The van der Waals surface area contributed by atoms with Gasteiger partial charge >= 0.3 is 0 Å². The highest BCUT2D eigenvalue weighted by Gasteiger charge is 2.29. The van der Waals surface area contributed by atoms with Gasteiger partial charge in [0.2, 0.25) is 5.95 Å². The van der Waals surface area contributed by atoms with Gasteiger partial charge in [-0.05, 0) is 37.9 Å². The lowest BCUT2D eigenvalue weighted by molar-refractivity contribution is 0.0831. The molecule has 0 aromatic carbocycles. The molecule has 174 valence electrons. The summed E-state index contributed by atoms with van der Waals surface area (Å²) in [6.45, 7) is 3.96. The van der Waals surface area contributed by atoms with Crippen LogP contribution in [0.5, 0.6) is 0 Å². The maximum Gasteiger partial charge on any atom is 0.263 e. The van der Waals surface area contributed by atoms with Crippen molar-refractivity contribution in [3.8, 4) is 0 Å². The van der Waals surface area contributed by atoms with Crippen molar-refractivity contribution in [2.75, 3.05) is 57.5 Å². The second-order valence-corrected chi connectivity index (χ2v) is 10.2. The lowest BCUT2D eigenvalue weighted by Crippen LogP contribution is -2.44. The van der Waals surface area contributed by atoms with E-state index in [1.165, 1.54) is 24.2 Å². The van der Waals surface area contributed by atoms with Gasteiger partial charge in [0, 0.05) is 45.8 Å². The minimum atomic E-state index is 0.0415. The molecule has 1 aliphatic heterocycles.